The van der Waals surface area contributed by atoms with E-state index in [-0.39, 0.29) is 11.4 Å². The molecule has 0 saturated carbocycles. The molecule has 0 atom stereocenters. The molecule has 0 saturated heterocycles. The molecule has 0 aliphatic carbocycles. The zero-order chi connectivity index (χ0) is 16.9. The average molecular weight is 304 g/mol. The third-order valence-corrected chi connectivity index (χ3v) is 2.55. The fraction of sp³-hybridized carbons (Fsp3) is 0.312. The van der Waals surface area contributed by atoms with Gasteiger partial charge in [-0.3, -0.25) is 5.41 Å². The van der Waals surface area contributed by atoms with Crippen LogP contribution in [0, 0.1) is 5.41 Å². The first-order valence-electron chi connectivity index (χ1n) is 6.62. The number of carbonyl (C=O) groups is 2. The lowest BCUT2D eigenvalue weighted by molar-refractivity contribution is -0.135. The van der Waals surface area contributed by atoms with Gasteiger partial charge in [0.2, 0.25) is 0 Å². The van der Waals surface area contributed by atoms with Crippen molar-refractivity contribution in [3.63, 3.8) is 0 Å². The highest BCUT2D eigenvalue weighted by atomic mass is 16.6. The molecule has 1 aromatic rings. The maximum atomic E-state index is 11.9. The highest BCUT2D eigenvalue weighted by Crippen LogP contribution is 2.14. The van der Waals surface area contributed by atoms with E-state index < -0.39 is 17.5 Å². The molecule has 0 bridgehead atoms. The smallest absolute Gasteiger partial charge is 0.341 e. The summed E-state index contributed by atoms with van der Waals surface area (Å²) in [4.78, 5) is 23.4. The van der Waals surface area contributed by atoms with Crippen LogP contribution in [0.5, 0.6) is 0 Å². The summed E-state index contributed by atoms with van der Waals surface area (Å²) in [5, 5.41) is 7.38. The van der Waals surface area contributed by atoms with E-state index in [0.29, 0.717) is 11.1 Å². The molecule has 6 nitrogen and oxygen atoms in total. The van der Waals surface area contributed by atoms with Gasteiger partial charge in [-0.2, -0.15) is 0 Å². The highest BCUT2D eigenvalue weighted by molar-refractivity contribution is 6.20. The third kappa shape index (κ3) is 5.05. The van der Waals surface area contributed by atoms with Crippen LogP contribution in [0.1, 0.15) is 36.7 Å². The Morgan fingerprint density at radius 3 is 2.14 bits per heavy atom. The molecule has 0 fully saturated rings. The van der Waals surface area contributed by atoms with Crippen molar-refractivity contribution in [3.05, 3.63) is 41.0 Å². The van der Waals surface area contributed by atoms with E-state index in [4.69, 9.17) is 15.9 Å². The molecule has 0 aliphatic rings. The topological polar surface area (TPSA) is 102 Å². The fourth-order valence-corrected chi connectivity index (χ4v) is 1.58. The van der Waals surface area contributed by atoms with Gasteiger partial charge in [-0.25, -0.2) is 9.59 Å². The van der Waals surface area contributed by atoms with Crippen molar-refractivity contribution in [2.45, 2.75) is 26.4 Å². The second kappa shape index (κ2) is 6.89. The monoisotopic (exact) mass is 304 g/mol. The highest BCUT2D eigenvalue weighted by Gasteiger charge is 2.18. The molecule has 0 radical (unpaired) electrons. The summed E-state index contributed by atoms with van der Waals surface area (Å²) in [6, 6.07) is 6.42. The lowest BCUT2D eigenvalue weighted by Gasteiger charge is -2.19. The van der Waals surface area contributed by atoms with Gasteiger partial charge >= 0.3 is 11.9 Å². The van der Waals surface area contributed by atoms with Gasteiger partial charge in [-0.05, 0) is 44.5 Å². The van der Waals surface area contributed by atoms with E-state index in [0.717, 1.165) is 0 Å². The first kappa shape index (κ1) is 17.4. The van der Waals surface area contributed by atoms with E-state index in [1.54, 1.807) is 45.0 Å². The molecule has 0 amide bonds. The van der Waals surface area contributed by atoms with Crippen LogP contribution < -0.4 is 5.73 Å². The first-order valence-corrected chi connectivity index (χ1v) is 6.62. The normalized spacial score (nSPS) is 11.7. The van der Waals surface area contributed by atoms with Gasteiger partial charge in [-0.1, -0.05) is 12.1 Å². The van der Waals surface area contributed by atoms with Crippen molar-refractivity contribution in [1.82, 2.24) is 0 Å². The summed E-state index contributed by atoms with van der Waals surface area (Å²) in [6.45, 7) is 5.37. The van der Waals surface area contributed by atoms with Crippen LogP contribution in [0.2, 0.25) is 0 Å². The Kier molecular flexibility index (Phi) is 5.45. The molecule has 22 heavy (non-hydrogen) atoms. The van der Waals surface area contributed by atoms with Crippen LogP contribution in [0.4, 0.5) is 0 Å². The number of esters is 2. The Morgan fingerprint density at radius 2 is 1.73 bits per heavy atom. The number of hydrogen-bond acceptors (Lipinski definition) is 5. The minimum absolute atomic E-state index is 0.0486. The number of methoxy groups -OCH3 is 1. The Hall–Kier alpha value is -2.63. The molecule has 0 aromatic heterocycles. The summed E-state index contributed by atoms with van der Waals surface area (Å²) in [5.41, 5.74) is 5.74. The maximum Gasteiger partial charge on any atom is 0.341 e. The zero-order valence-electron chi connectivity index (χ0n) is 13.1. The van der Waals surface area contributed by atoms with Gasteiger partial charge in [-0.15, -0.1) is 0 Å². The second-order valence-electron chi connectivity index (χ2n) is 5.59. The van der Waals surface area contributed by atoms with Crippen LogP contribution in [-0.4, -0.2) is 30.5 Å². The molecule has 0 aliphatic heterocycles. The van der Waals surface area contributed by atoms with Gasteiger partial charge in [0.05, 0.1) is 12.7 Å². The Morgan fingerprint density at radius 1 is 1.18 bits per heavy atom. The van der Waals surface area contributed by atoms with Gasteiger partial charge in [0.15, 0.2) is 0 Å². The third-order valence-electron chi connectivity index (χ3n) is 2.55. The lowest BCUT2D eigenvalue weighted by atomic mass is 10.1. The van der Waals surface area contributed by atoms with E-state index in [1.165, 1.54) is 13.2 Å². The summed E-state index contributed by atoms with van der Waals surface area (Å²) < 4.78 is 9.82. The van der Waals surface area contributed by atoms with Crippen molar-refractivity contribution in [2.75, 3.05) is 7.11 Å². The molecule has 0 heterocycles. The van der Waals surface area contributed by atoms with Gasteiger partial charge in [0, 0.05) is 0 Å². The number of amidine groups is 1. The Labute approximate surface area is 129 Å². The maximum absolute atomic E-state index is 11.9. The van der Waals surface area contributed by atoms with Crippen molar-refractivity contribution in [2.24, 2.45) is 5.73 Å². The zero-order valence-corrected chi connectivity index (χ0v) is 13.1. The minimum atomic E-state index is -0.691. The van der Waals surface area contributed by atoms with Crippen LogP contribution in [0.3, 0.4) is 0 Å². The average Bonchev–Trinajstić information content (AvgIpc) is 2.42. The van der Waals surface area contributed by atoms with Gasteiger partial charge < -0.3 is 15.2 Å². The number of hydrogen-bond donors (Lipinski definition) is 2. The molecule has 118 valence electrons. The van der Waals surface area contributed by atoms with Crippen molar-refractivity contribution < 1.29 is 19.1 Å². The lowest BCUT2D eigenvalue weighted by Crippen LogP contribution is -2.23. The largest absolute Gasteiger partial charge is 0.465 e. The standard InChI is InChI=1S/C16H20N2O4/c1-16(2,3)22-14(19)11-7-5-10(6-8-11)9-12(13(17)18)15(20)21-4/h5-9H,1-4H3,(H3,17,18). The number of ether oxygens (including phenoxy) is 2. The molecular formula is C16H20N2O4. The Balaban J connectivity index is 2.99. The first-order chi connectivity index (χ1) is 10.1. The summed E-state index contributed by atoms with van der Waals surface area (Å²) in [5.74, 6) is -1.51. The molecular weight excluding hydrogens is 284 g/mol. The summed E-state index contributed by atoms with van der Waals surface area (Å²) >= 11 is 0. The number of benzene rings is 1. The number of rotatable bonds is 4. The van der Waals surface area contributed by atoms with Crippen LogP contribution in [-0.2, 0) is 14.3 Å². The fourth-order valence-electron chi connectivity index (χ4n) is 1.58. The molecule has 0 unspecified atom stereocenters. The van der Waals surface area contributed by atoms with E-state index in [2.05, 4.69) is 4.74 Å². The summed E-state index contributed by atoms with van der Waals surface area (Å²) in [7, 11) is 1.21. The Bertz CT molecular complexity index is 610. The predicted molar refractivity (Wildman–Crippen MR) is 83.5 cm³/mol. The number of nitrogens with two attached hydrogens (primary N) is 1. The predicted octanol–water partition coefficient (Wildman–Crippen LogP) is 2.13. The molecule has 0 spiro atoms. The molecule has 6 heteroatoms. The number of carbonyl (C=O) groups excluding carboxylic acids is 2. The van der Waals surface area contributed by atoms with E-state index in [9.17, 15) is 9.59 Å². The molecule has 1 rings (SSSR count). The van der Waals surface area contributed by atoms with E-state index in [1.807, 2.05) is 0 Å². The molecule has 1 aromatic carbocycles. The van der Waals surface area contributed by atoms with Crippen LogP contribution in [0.15, 0.2) is 29.8 Å². The van der Waals surface area contributed by atoms with E-state index >= 15 is 0 Å². The second-order valence-corrected chi connectivity index (χ2v) is 5.59. The minimum Gasteiger partial charge on any atom is -0.465 e. The quantitative estimate of drug-likeness (QED) is 0.384. The summed E-state index contributed by atoms with van der Waals surface area (Å²) in [6.07, 6.45) is 1.42. The molecule has 3 N–H and O–H groups in total. The van der Waals surface area contributed by atoms with Gasteiger partial charge in [0.25, 0.3) is 0 Å². The van der Waals surface area contributed by atoms with Gasteiger partial charge in [0.1, 0.15) is 17.0 Å². The van der Waals surface area contributed by atoms with Crippen LogP contribution >= 0.6 is 0 Å². The number of nitrogens with one attached hydrogen (secondary N) is 1. The van der Waals surface area contributed by atoms with Crippen LogP contribution in [0.25, 0.3) is 6.08 Å². The van der Waals surface area contributed by atoms with Crippen molar-refractivity contribution >= 4 is 23.9 Å². The van der Waals surface area contributed by atoms with Crippen molar-refractivity contribution in [1.29, 1.82) is 5.41 Å². The SMILES string of the molecule is COC(=O)C(=Cc1ccc(C(=O)OC(C)(C)C)cc1)C(=N)N. The van der Waals surface area contributed by atoms with Crippen molar-refractivity contribution in [3.8, 4) is 0 Å².